The number of thiocarbonyl (C=S) groups is 1. The fraction of sp³-hybridized carbons (Fsp3) is 0.250. The summed E-state index contributed by atoms with van der Waals surface area (Å²) in [5.41, 5.74) is 1.80. The molecule has 0 aliphatic carbocycles. The second-order valence-corrected chi connectivity index (χ2v) is 7.19. The molecule has 0 spiro atoms. The van der Waals surface area contributed by atoms with Crippen LogP contribution in [0.15, 0.2) is 54.6 Å². The van der Waals surface area contributed by atoms with E-state index >= 15 is 0 Å². The van der Waals surface area contributed by atoms with E-state index in [-0.39, 0.29) is 18.2 Å². The van der Waals surface area contributed by atoms with Crippen LogP contribution in [0.4, 0.5) is 5.69 Å². The number of likely N-dealkylation sites (N-methyl/N-ethyl adjacent to an activating group) is 1. The number of nitrogens with one attached hydrogen (secondary N) is 1. The number of benzene rings is 2. The van der Waals surface area contributed by atoms with Crippen molar-refractivity contribution in [1.29, 1.82) is 0 Å². The molecule has 0 aromatic heterocycles. The second-order valence-electron chi connectivity index (χ2n) is 6.38. The van der Waals surface area contributed by atoms with E-state index < -0.39 is 6.04 Å². The van der Waals surface area contributed by atoms with E-state index in [1.54, 1.807) is 31.3 Å². The van der Waals surface area contributed by atoms with E-state index in [0.29, 0.717) is 22.4 Å². The first-order valence-corrected chi connectivity index (χ1v) is 9.42. The highest BCUT2D eigenvalue weighted by Gasteiger charge is 2.41. The Morgan fingerprint density at radius 1 is 1.15 bits per heavy atom. The number of carbonyl (C=O) groups excluding carboxylic acids is 2. The molecule has 27 heavy (non-hydrogen) atoms. The van der Waals surface area contributed by atoms with Gasteiger partial charge >= 0.3 is 0 Å². The highest BCUT2D eigenvalue weighted by atomic mass is 35.5. The van der Waals surface area contributed by atoms with Crippen LogP contribution in [0.5, 0.6) is 0 Å². The van der Waals surface area contributed by atoms with Crippen molar-refractivity contribution >= 4 is 46.4 Å². The van der Waals surface area contributed by atoms with Crippen LogP contribution in [0, 0.1) is 0 Å². The number of rotatable bonds is 6. The van der Waals surface area contributed by atoms with Crippen LogP contribution in [0.25, 0.3) is 0 Å². The van der Waals surface area contributed by atoms with Crippen LogP contribution < -0.4 is 5.32 Å². The molecule has 5 nitrogen and oxygen atoms in total. The van der Waals surface area contributed by atoms with Crippen molar-refractivity contribution in [3.8, 4) is 0 Å². The highest BCUT2D eigenvalue weighted by Crippen LogP contribution is 2.21. The molecule has 0 radical (unpaired) electrons. The topological polar surface area (TPSA) is 52.7 Å². The SMILES string of the molecule is CN1C(=O)C(CC(=O)Nc2ccc(Cl)cc2)N(CCc2ccccc2)C1=S. The van der Waals surface area contributed by atoms with Gasteiger partial charge in [-0.05, 0) is 48.5 Å². The molecule has 7 heteroatoms. The number of amides is 2. The second kappa shape index (κ2) is 8.50. The summed E-state index contributed by atoms with van der Waals surface area (Å²) >= 11 is 11.3. The summed E-state index contributed by atoms with van der Waals surface area (Å²) in [4.78, 5) is 28.3. The first-order valence-electron chi connectivity index (χ1n) is 8.63. The first-order chi connectivity index (χ1) is 13.0. The summed E-state index contributed by atoms with van der Waals surface area (Å²) in [6, 6.07) is 16.3. The van der Waals surface area contributed by atoms with E-state index in [9.17, 15) is 9.59 Å². The fourth-order valence-corrected chi connectivity index (χ4v) is 3.48. The number of nitrogens with zero attached hydrogens (tertiary/aromatic N) is 2. The van der Waals surface area contributed by atoms with Crippen LogP contribution in [0.2, 0.25) is 5.02 Å². The molecule has 1 heterocycles. The Kier molecular flexibility index (Phi) is 6.08. The fourth-order valence-electron chi connectivity index (χ4n) is 3.04. The van der Waals surface area contributed by atoms with Crippen LogP contribution in [0.1, 0.15) is 12.0 Å². The molecule has 0 bridgehead atoms. The molecule has 3 rings (SSSR count). The zero-order valence-electron chi connectivity index (χ0n) is 14.9. The largest absolute Gasteiger partial charge is 0.336 e. The van der Waals surface area contributed by atoms with Crippen molar-refractivity contribution in [2.24, 2.45) is 0 Å². The number of hydrogen-bond donors (Lipinski definition) is 1. The minimum Gasteiger partial charge on any atom is -0.336 e. The predicted octanol–water partition coefficient (Wildman–Crippen LogP) is 3.34. The summed E-state index contributed by atoms with van der Waals surface area (Å²) in [7, 11) is 1.65. The van der Waals surface area contributed by atoms with Gasteiger partial charge in [-0.25, -0.2) is 0 Å². The van der Waals surface area contributed by atoms with Gasteiger partial charge in [0.25, 0.3) is 5.91 Å². The number of halogens is 1. The van der Waals surface area contributed by atoms with Gasteiger partial charge < -0.3 is 10.2 Å². The molecule has 2 aromatic rings. The Morgan fingerprint density at radius 3 is 2.48 bits per heavy atom. The van der Waals surface area contributed by atoms with E-state index in [1.165, 1.54) is 4.90 Å². The van der Waals surface area contributed by atoms with Crippen molar-refractivity contribution in [3.05, 3.63) is 65.2 Å². The summed E-state index contributed by atoms with van der Waals surface area (Å²) in [6.07, 6.45) is 0.790. The summed E-state index contributed by atoms with van der Waals surface area (Å²) in [5, 5.41) is 3.86. The van der Waals surface area contributed by atoms with Gasteiger partial charge in [-0.15, -0.1) is 0 Å². The van der Waals surface area contributed by atoms with Crippen molar-refractivity contribution < 1.29 is 9.59 Å². The summed E-state index contributed by atoms with van der Waals surface area (Å²) in [5.74, 6) is -0.391. The van der Waals surface area contributed by atoms with Gasteiger partial charge in [0.05, 0.1) is 6.42 Å². The van der Waals surface area contributed by atoms with Gasteiger partial charge in [0.1, 0.15) is 6.04 Å². The minimum atomic E-state index is -0.585. The molecule has 1 aliphatic heterocycles. The van der Waals surface area contributed by atoms with Crippen molar-refractivity contribution in [3.63, 3.8) is 0 Å². The lowest BCUT2D eigenvalue weighted by molar-refractivity contribution is -0.130. The molecule has 140 valence electrons. The van der Waals surface area contributed by atoms with Crippen molar-refractivity contribution in [1.82, 2.24) is 9.80 Å². The summed E-state index contributed by atoms with van der Waals surface area (Å²) in [6.45, 7) is 0.581. The Bertz CT molecular complexity index is 842. The number of carbonyl (C=O) groups is 2. The van der Waals surface area contributed by atoms with Crippen LogP contribution in [-0.4, -0.2) is 46.4 Å². The third kappa shape index (κ3) is 4.64. The molecule has 2 amide bonds. The van der Waals surface area contributed by atoms with E-state index in [0.717, 1.165) is 12.0 Å². The zero-order valence-corrected chi connectivity index (χ0v) is 16.5. The number of hydrogen-bond acceptors (Lipinski definition) is 3. The lowest BCUT2D eigenvalue weighted by Crippen LogP contribution is -2.39. The molecule has 1 aliphatic rings. The average molecular weight is 402 g/mol. The molecule has 1 saturated heterocycles. The maximum absolute atomic E-state index is 12.6. The van der Waals surface area contributed by atoms with Gasteiger partial charge in [0, 0.05) is 24.3 Å². The average Bonchev–Trinajstić information content (AvgIpc) is 2.86. The van der Waals surface area contributed by atoms with Gasteiger partial charge in [-0.1, -0.05) is 41.9 Å². The Labute approximate surface area is 168 Å². The van der Waals surface area contributed by atoms with E-state index in [2.05, 4.69) is 5.32 Å². The summed E-state index contributed by atoms with van der Waals surface area (Å²) < 4.78 is 0. The molecular weight excluding hydrogens is 382 g/mol. The Morgan fingerprint density at radius 2 is 1.81 bits per heavy atom. The molecule has 1 N–H and O–H groups in total. The van der Waals surface area contributed by atoms with Gasteiger partial charge in [-0.3, -0.25) is 14.5 Å². The lowest BCUT2D eigenvalue weighted by atomic mass is 10.1. The highest BCUT2D eigenvalue weighted by molar-refractivity contribution is 7.80. The normalized spacial score (nSPS) is 16.7. The molecule has 0 saturated carbocycles. The lowest BCUT2D eigenvalue weighted by Gasteiger charge is -2.23. The van der Waals surface area contributed by atoms with Crippen LogP contribution in [0.3, 0.4) is 0 Å². The monoisotopic (exact) mass is 401 g/mol. The Hall–Kier alpha value is -2.44. The van der Waals surface area contributed by atoms with Gasteiger partial charge in [0.15, 0.2) is 5.11 Å². The predicted molar refractivity (Wildman–Crippen MR) is 111 cm³/mol. The molecule has 1 unspecified atom stereocenters. The van der Waals surface area contributed by atoms with E-state index in [4.69, 9.17) is 23.8 Å². The zero-order chi connectivity index (χ0) is 19.4. The standard InChI is InChI=1S/C20H20ClN3O2S/c1-23-19(26)17(13-18(25)22-16-9-7-15(21)8-10-16)24(20(23)27)12-11-14-5-3-2-4-6-14/h2-10,17H,11-13H2,1H3,(H,22,25). The maximum Gasteiger partial charge on any atom is 0.251 e. The Balaban J connectivity index is 1.66. The minimum absolute atomic E-state index is 0.0424. The van der Waals surface area contributed by atoms with Crippen molar-refractivity contribution in [2.45, 2.75) is 18.9 Å². The molecule has 1 fully saturated rings. The van der Waals surface area contributed by atoms with Gasteiger partial charge in [0.2, 0.25) is 5.91 Å². The molecule has 2 aromatic carbocycles. The third-order valence-electron chi connectivity index (χ3n) is 4.52. The molecular formula is C20H20ClN3O2S. The molecule has 1 atom stereocenters. The van der Waals surface area contributed by atoms with E-state index in [1.807, 2.05) is 35.2 Å². The first kappa shape index (κ1) is 19.3. The third-order valence-corrected chi connectivity index (χ3v) is 5.28. The number of anilines is 1. The van der Waals surface area contributed by atoms with Crippen LogP contribution >= 0.6 is 23.8 Å². The quantitative estimate of drug-likeness (QED) is 0.754. The smallest absolute Gasteiger partial charge is 0.251 e. The van der Waals surface area contributed by atoms with Crippen LogP contribution in [-0.2, 0) is 16.0 Å². The van der Waals surface area contributed by atoms with Gasteiger partial charge in [-0.2, -0.15) is 0 Å². The maximum atomic E-state index is 12.6. The van der Waals surface area contributed by atoms with Crippen molar-refractivity contribution in [2.75, 3.05) is 18.9 Å².